The average molecular weight is 611 g/mol. The number of benzene rings is 4. The number of hydrogen-bond acceptors (Lipinski definition) is 6. The fourth-order valence-electron chi connectivity index (χ4n) is 10.2. The van der Waals surface area contributed by atoms with Gasteiger partial charge in [-0.2, -0.15) is 0 Å². The van der Waals surface area contributed by atoms with Gasteiger partial charge in [-0.25, -0.2) is 0 Å². The lowest BCUT2D eigenvalue weighted by Gasteiger charge is -2.48. The maximum absolute atomic E-state index is 14.1. The van der Waals surface area contributed by atoms with E-state index >= 15 is 0 Å². The Morgan fingerprint density at radius 3 is 1.96 bits per heavy atom. The van der Waals surface area contributed by atoms with E-state index in [0.717, 1.165) is 80.4 Å². The normalized spacial score (nSPS) is 32.6. The zero-order chi connectivity index (χ0) is 31.5. The molecule has 4 N–H and O–H groups in total. The summed E-state index contributed by atoms with van der Waals surface area (Å²) in [5, 5.41) is 28.9. The van der Waals surface area contributed by atoms with Gasteiger partial charge >= 0.3 is 0 Å². The van der Waals surface area contributed by atoms with Gasteiger partial charge in [-0.3, -0.25) is 9.79 Å². The summed E-state index contributed by atoms with van der Waals surface area (Å²) in [4.78, 5) is 19.4. The van der Waals surface area contributed by atoms with Crippen molar-refractivity contribution in [2.24, 2.45) is 28.7 Å². The monoisotopic (exact) mass is 610 g/mol. The van der Waals surface area contributed by atoms with Crippen LogP contribution in [0, 0.1) is 23.7 Å². The van der Waals surface area contributed by atoms with Crippen LogP contribution in [0.25, 0.3) is 32.7 Å². The number of carbonyl (C=O) groups excluding carboxylic acids is 1. The standard InChI is InChI=1S/C40H42N4O2/c1-21-15-22(2)18-39(17-21)41-29-9-5-7-25-27(11-13-31(43-39)33(25)29)35-37(45)36(38(35)46)28-12-14-32-34-26(28)8-6-10-30(34)42-40(44-32)19-23(3)16-24(4)20-40/h5-14,21-24,41-43,45H,15-20H2,1-4H3/b36-28+. The summed E-state index contributed by atoms with van der Waals surface area (Å²) in [6, 6.07) is 20.6. The van der Waals surface area contributed by atoms with Crippen molar-refractivity contribution in [3.63, 3.8) is 0 Å². The van der Waals surface area contributed by atoms with Crippen molar-refractivity contribution in [2.75, 3.05) is 16.0 Å². The minimum Gasteiger partial charge on any atom is -0.506 e. The predicted molar refractivity (Wildman–Crippen MR) is 187 cm³/mol. The number of nitrogens with one attached hydrogen (secondary N) is 3. The highest BCUT2D eigenvalue weighted by molar-refractivity contribution is 6.53. The minimum absolute atomic E-state index is 0.0710. The minimum atomic E-state index is -0.292. The number of hydrogen-bond donors (Lipinski definition) is 4. The van der Waals surface area contributed by atoms with Gasteiger partial charge < -0.3 is 21.1 Å². The van der Waals surface area contributed by atoms with E-state index in [-0.39, 0.29) is 22.9 Å². The van der Waals surface area contributed by atoms with E-state index in [4.69, 9.17) is 4.99 Å². The number of ketones is 1. The molecule has 4 aromatic rings. The largest absolute Gasteiger partial charge is 0.506 e. The van der Waals surface area contributed by atoms with E-state index in [2.05, 4.69) is 74.0 Å². The SMILES string of the molecule is CC1CC(C)CC2(C1)N=c1cc/c(=C3\C(=O)C(c4ccc5c6c(cccc46)NC4(CC(C)CC(C)C4)N5)=C3O)c3cccc(c13)N2. The van der Waals surface area contributed by atoms with Crippen LogP contribution in [-0.2, 0) is 4.79 Å². The van der Waals surface area contributed by atoms with Crippen LogP contribution in [0.3, 0.4) is 0 Å². The van der Waals surface area contributed by atoms with Crippen LogP contribution < -0.4 is 26.5 Å². The van der Waals surface area contributed by atoms with Gasteiger partial charge in [0, 0.05) is 27.8 Å². The van der Waals surface area contributed by atoms with E-state index in [1.54, 1.807) is 0 Å². The maximum atomic E-state index is 14.1. The van der Waals surface area contributed by atoms with Crippen molar-refractivity contribution in [1.82, 2.24) is 0 Å². The molecule has 2 saturated carbocycles. The summed E-state index contributed by atoms with van der Waals surface area (Å²) in [5.74, 6) is 2.43. The second kappa shape index (κ2) is 9.60. The van der Waals surface area contributed by atoms with Gasteiger partial charge in [-0.15, -0.1) is 0 Å². The Bertz CT molecular complexity index is 2130. The topological polar surface area (TPSA) is 85.8 Å². The molecule has 234 valence electrons. The second-order valence-electron chi connectivity index (χ2n) is 15.5. The molecule has 3 aliphatic carbocycles. The average Bonchev–Trinajstić information content (AvgIpc) is 2.98. The first-order chi connectivity index (χ1) is 22.1. The molecule has 2 spiro atoms. The van der Waals surface area contributed by atoms with Gasteiger partial charge in [-0.1, -0.05) is 64.1 Å². The van der Waals surface area contributed by atoms with Crippen molar-refractivity contribution in [2.45, 2.75) is 77.5 Å². The van der Waals surface area contributed by atoms with Crippen molar-refractivity contribution >= 4 is 55.5 Å². The Balaban J connectivity index is 1.16. The molecule has 2 aliphatic heterocycles. The number of aliphatic hydroxyl groups excluding tert-OH is 1. The van der Waals surface area contributed by atoms with E-state index in [1.807, 2.05) is 30.3 Å². The molecule has 2 heterocycles. The number of aliphatic hydroxyl groups is 1. The number of allylic oxidation sites excluding steroid dienone is 2. The zero-order valence-electron chi connectivity index (χ0n) is 27.1. The molecule has 6 nitrogen and oxygen atoms in total. The van der Waals surface area contributed by atoms with E-state index in [9.17, 15) is 9.90 Å². The van der Waals surface area contributed by atoms with Gasteiger partial charge in [0.05, 0.1) is 16.5 Å². The molecule has 4 aromatic carbocycles. The van der Waals surface area contributed by atoms with Gasteiger partial charge in [0.2, 0.25) is 5.78 Å². The Kier molecular flexibility index (Phi) is 5.83. The van der Waals surface area contributed by atoms with Gasteiger partial charge in [0.15, 0.2) is 0 Å². The first kappa shape index (κ1) is 27.9. The van der Waals surface area contributed by atoms with Crippen LogP contribution in [-0.4, -0.2) is 22.2 Å². The second-order valence-corrected chi connectivity index (χ2v) is 15.5. The van der Waals surface area contributed by atoms with Crippen molar-refractivity contribution in [3.05, 3.63) is 82.6 Å². The highest BCUT2D eigenvalue weighted by atomic mass is 16.3. The lowest BCUT2D eigenvalue weighted by molar-refractivity contribution is -0.109. The molecule has 4 atom stereocenters. The first-order valence-corrected chi connectivity index (χ1v) is 17.2. The third kappa shape index (κ3) is 4.01. The smallest absolute Gasteiger partial charge is 0.201 e. The van der Waals surface area contributed by atoms with Crippen LogP contribution in [0.15, 0.2) is 71.4 Å². The number of rotatable bonds is 1. The molecule has 0 bridgehead atoms. The van der Waals surface area contributed by atoms with Gasteiger partial charge in [0.1, 0.15) is 17.1 Å². The molecule has 9 rings (SSSR count). The van der Waals surface area contributed by atoms with E-state index < -0.39 is 0 Å². The summed E-state index contributed by atoms with van der Waals surface area (Å²) in [7, 11) is 0. The molecule has 0 aromatic heterocycles. The van der Waals surface area contributed by atoms with Crippen LogP contribution in [0.1, 0.15) is 71.8 Å². The van der Waals surface area contributed by atoms with Gasteiger partial charge in [-0.05, 0) is 108 Å². The number of Topliss-reactive ketones (excluding diaryl/α,β-unsaturated/α-hetero) is 1. The summed E-state index contributed by atoms with van der Waals surface area (Å²) >= 11 is 0. The quantitative estimate of drug-likeness (QED) is 0.176. The maximum Gasteiger partial charge on any atom is 0.201 e. The Hall–Kier alpha value is -4.32. The van der Waals surface area contributed by atoms with Crippen LogP contribution >= 0.6 is 0 Å². The highest BCUT2D eigenvalue weighted by Gasteiger charge is 2.43. The lowest BCUT2D eigenvalue weighted by Crippen LogP contribution is -2.52. The molecule has 46 heavy (non-hydrogen) atoms. The fourth-order valence-corrected chi connectivity index (χ4v) is 10.2. The van der Waals surface area contributed by atoms with Crippen LogP contribution in [0.4, 0.5) is 17.1 Å². The summed E-state index contributed by atoms with van der Waals surface area (Å²) in [5.41, 5.74) is 4.33. The highest BCUT2D eigenvalue weighted by Crippen LogP contribution is 2.49. The van der Waals surface area contributed by atoms with E-state index in [1.165, 1.54) is 12.8 Å². The number of anilines is 3. The Morgan fingerprint density at radius 2 is 1.28 bits per heavy atom. The zero-order valence-corrected chi connectivity index (χ0v) is 27.1. The fraction of sp³-hybridized carbons (Fsp3) is 0.400. The molecular weight excluding hydrogens is 568 g/mol. The molecule has 6 heteroatoms. The predicted octanol–water partition coefficient (Wildman–Crippen LogP) is 7.88. The molecule has 5 aliphatic rings. The lowest BCUT2D eigenvalue weighted by atomic mass is 9.74. The molecule has 0 saturated heterocycles. The van der Waals surface area contributed by atoms with Crippen LogP contribution in [0.2, 0.25) is 0 Å². The van der Waals surface area contributed by atoms with E-state index in [0.29, 0.717) is 34.8 Å². The molecular formula is C40H42N4O2. The molecule has 0 amide bonds. The molecule has 2 fully saturated rings. The Morgan fingerprint density at radius 1 is 0.674 bits per heavy atom. The number of carbonyl (C=O) groups is 1. The van der Waals surface area contributed by atoms with Crippen LogP contribution in [0.5, 0.6) is 0 Å². The van der Waals surface area contributed by atoms with Crippen molar-refractivity contribution < 1.29 is 9.90 Å². The summed E-state index contributed by atoms with van der Waals surface area (Å²) in [6.07, 6.45) is 6.63. The van der Waals surface area contributed by atoms with Gasteiger partial charge in [0.25, 0.3) is 0 Å². The van der Waals surface area contributed by atoms with Crippen molar-refractivity contribution in [1.29, 1.82) is 0 Å². The Labute approximate surface area is 269 Å². The third-order valence-electron chi connectivity index (χ3n) is 11.4. The third-order valence-corrected chi connectivity index (χ3v) is 11.4. The molecule has 0 radical (unpaired) electrons. The number of nitrogens with zero attached hydrogens (tertiary/aromatic N) is 1. The summed E-state index contributed by atoms with van der Waals surface area (Å²) < 4.78 is 0. The first-order valence-electron chi connectivity index (χ1n) is 17.2. The van der Waals surface area contributed by atoms with Crippen molar-refractivity contribution in [3.8, 4) is 0 Å². The molecule has 4 unspecified atom stereocenters. The summed E-state index contributed by atoms with van der Waals surface area (Å²) in [6.45, 7) is 9.33.